The number of hydrogen-bond donors (Lipinski definition) is 3. The van der Waals surface area contributed by atoms with Crippen molar-refractivity contribution in [2.24, 2.45) is 5.73 Å². The Morgan fingerprint density at radius 1 is 1.00 bits per heavy atom. The highest BCUT2D eigenvalue weighted by Crippen LogP contribution is 2.36. The molecule has 0 bridgehead atoms. The van der Waals surface area contributed by atoms with Crippen LogP contribution in [0.5, 0.6) is 11.5 Å². The smallest absolute Gasteiger partial charge is 0.250 e. The van der Waals surface area contributed by atoms with Gasteiger partial charge in [-0.25, -0.2) is 0 Å². The third-order valence-electron chi connectivity index (χ3n) is 5.56. The number of nitrogens with two attached hydrogens (primary N) is 1. The number of carbonyl (C=O) groups is 1. The van der Waals surface area contributed by atoms with E-state index in [2.05, 4.69) is 5.32 Å². The molecule has 4 rings (SSSR count). The van der Waals surface area contributed by atoms with Crippen molar-refractivity contribution < 1.29 is 14.6 Å². The Bertz CT molecular complexity index is 1080. The molecule has 5 nitrogen and oxygen atoms in total. The first-order chi connectivity index (χ1) is 15.0. The van der Waals surface area contributed by atoms with Crippen LogP contribution in [0, 0.1) is 0 Å². The highest BCUT2D eigenvalue weighted by Gasteiger charge is 2.21. The minimum absolute atomic E-state index is 0.190. The number of benzene rings is 3. The van der Waals surface area contributed by atoms with Crippen LogP contribution in [0.25, 0.3) is 11.1 Å². The van der Waals surface area contributed by atoms with E-state index in [1.807, 2.05) is 48.5 Å². The SMILES string of the molecule is NC(=O)c1ccc(-c2ccccc2Oc2cccc(Cl)c2)cc1N[C@H]1CC[C@H](O)CC1. The number of primary amides is 1. The average Bonchev–Trinajstić information content (AvgIpc) is 2.75. The van der Waals surface area contributed by atoms with Crippen LogP contribution in [-0.2, 0) is 0 Å². The summed E-state index contributed by atoms with van der Waals surface area (Å²) < 4.78 is 6.10. The molecule has 4 N–H and O–H groups in total. The highest BCUT2D eigenvalue weighted by atomic mass is 35.5. The Morgan fingerprint density at radius 3 is 2.52 bits per heavy atom. The normalized spacial score (nSPS) is 18.4. The van der Waals surface area contributed by atoms with Crippen molar-refractivity contribution in [3.8, 4) is 22.6 Å². The van der Waals surface area contributed by atoms with Crippen molar-refractivity contribution in [3.05, 3.63) is 77.3 Å². The molecule has 0 saturated heterocycles. The fourth-order valence-electron chi connectivity index (χ4n) is 3.94. The van der Waals surface area contributed by atoms with Crippen molar-refractivity contribution in [2.45, 2.75) is 37.8 Å². The number of anilines is 1. The number of para-hydroxylation sites is 1. The number of amides is 1. The second kappa shape index (κ2) is 9.41. The number of carbonyl (C=O) groups excluding carboxylic acids is 1. The van der Waals surface area contributed by atoms with Crippen molar-refractivity contribution in [2.75, 3.05) is 5.32 Å². The van der Waals surface area contributed by atoms with E-state index in [9.17, 15) is 9.90 Å². The van der Waals surface area contributed by atoms with Gasteiger partial charge in [0, 0.05) is 22.3 Å². The van der Waals surface area contributed by atoms with Crippen LogP contribution < -0.4 is 15.8 Å². The zero-order valence-corrected chi connectivity index (χ0v) is 17.8. The molecular formula is C25H25ClN2O3. The van der Waals surface area contributed by atoms with Gasteiger partial charge in [-0.15, -0.1) is 0 Å². The van der Waals surface area contributed by atoms with E-state index < -0.39 is 5.91 Å². The number of aliphatic hydroxyl groups is 1. The fourth-order valence-corrected chi connectivity index (χ4v) is 4.12. The van der Waals surface area contributed by atoms with Crippen LogP contribution in [-0.4, -0.2) is 23.2 Å². The molecule has 0 spiro atoms. The Hall–Kier alpha value is -3.02. The molecule has 0 heterocycles. The molecule has 160 valence electrons. The summed E-state index contributed by atoms with van der Waals surface area (Å²) in [4.78, 5) is 12.0. The Balaban J connectivity index is 1.66. The summed E-state index contributed by atoms with van der Waals surface area (Å²) in [6.45, 7) is 0. The van der Waals surface area contributed by atoms with Crippen LogP contribution in [0.4, 0.5) is 5.69 Å². The molecular weight excluding hydrogens is 412 g/mol. The number of aliphatic hydroxyl groups excluding tert-OH is 1. The number of hydrogen-bond acceptors (Lipinski definition) is 4. The summed E-state index contributed by atoms with van der Waals surface area (Å²) in [5.74, 6) is 0.851. The van der Waals surface area contributed by atoms with Crippen LogP contribution in [0.2, 0.25) is 5.02 Å². The predicted molar refractivity (Wildman–Crippen MR) is 124 cm³/mol. The molecule has 1 fully saturated rings. The fraction of sp³-hybridized carbons (Fsp3) is 0.240. The second-order valence-corrected chi connectivity index (χ2v) is 8.27. The zero-order valence-electron chi connectivity index (χ0n) is 17.1. The van der Waals surface area contributed by atoms with Crippen LogP contribution in [0.15, 0.2) is 66.7 Å². The Kier molecular flexibility index (Phi) is 6.44. The Morgan fingerprint density at radius 2 is 1.77 bits per heavy atom. The lowest BCUT2D eigenvalue weighted by Crippen LogP contribution is -2.29. The van der Waals surface area contributed by atoms with E-state index in [-0.39, 0.29) is 12.1 Å². The molecule has 0 radical (unpaired) electrons. The predicted octanol–water partition coefficient (Wildman–Crippen LogP) is 5.61. The lowest BCUT2D eigenvalue weighted by Gasteiger charge is -2.28. The summed E-state index contributed by atoms with van der Waals surface area (Å²) in [6.07, 6.45) is 2.95. The molecule has 0 aliphatic heterocycles. The van der Waals surface area contributed by atoms with E-state index in [0.29, 0.717) is 27.8 Å². The second-order valence-electron chi connectivity index (χ2n) is 7.83. The zero-order chi connectivity index (χ0) is 21.8. The number of ether oxygens (including phenoxy) is 1. The molecule has 1 aliphatic rings. The third kappa shape index (κ3) is 5.19. The van der Waals surface area contributed by atoms with Crippen LogP contribution >= 0.6 is 11.6 Å². The minimum Gasteiger partial charge on any atom is -0.457 e. The third-order valence-corrected chi connectivity index (χ3v) is 5.80. The maximum absolute atomic E-state index is 12.0. The van der Waals surface area contributed by atoms with Gasteiger partial charge in [-0.3, -0.25) is 4.79 Å². The number of halogens is 1. The minimum atomic E-state index is -0.478. The van der Waals surface area contributed by atoms with Gasteiger partial charge in [-0.2, -0.15) is 0 Å². The van der Waals surface area contributed by atoms with Gasteiger partial charge in [0.2, 0.25) is 0 Å². The summed E-state index contributed by atoms with van der Waals surface area (Å²) in [6, 6.07) is 20.7. The maximum Gasteiger partial charge on any atom is 0.250 e. The molecule has 3 aromatic rings. The van der Waals surface area contributed by atoms with E-state index >= 15 is 0 Å². The van der Waals surface area contributed by atoms with E-state index in [0.717, 1.165) is 36.8 Å². The standard InChI is InChI=1S/C25H25ClN2O3/c26-17-4-3-5-20(15-17)31-24-7-2-1-6-21(24)16-8-13-22(25(27)30)23(14-16)28-18-9-11-19(29)12-10-18/h1-8,13-15,18-19,28-29H,9-12H2,(H2,27,30)/t18-,19-. The van der Waals surface area contributed by atoms with Crippen LogP contribution in [0.1, 0.15) is 36.0 Å². The quantitative estimate of drug-likeness (QED) is 0.468. The summed E-state index contributed by atoms with van der Waals surface area (Å²) >= 11 is 6.09. The first-order valence-corrected chi connectivity index (χ1v) is 10.8. The van der Waals surface area contributed by atoms with E-state index in [1.165, 1.54) is 0 Å². The molecule has 0 atom stereocenters. The monoisotopic (exact) mass is 436 g/mol. The molecule has 1 saturated carbocycles. The molecule has 31 heavy (non-hydrogen) atoms. The Labute approximate surface area is 186 Å². The molecule has 1 amide bonds. The molecule has 0 aromatic heterocycles. The molecule has 3 aromatic carbocycles. The molecule has 1 aliphatic carbocycles. The summed E-state index contributed by atoms with van der Waals surface area (Å²) in [5.41, 5.74) is 8.56. The molecule has 0 unspecified atom stereocenters. The number of nitrogens with one attached hydrogen (secondary N) is 1. The average molecular weight is 437 g/mol. The number of rotatable bonds is 6. The van der Waals surface area contributed by atoms with Crippen molar-refractivity contribution in [1.29, 1.82) is 0 Å². The van der Waals surface area contributed by atoms with Gasteiger partial charge in [0.15, 0.2) is 0 Å². The van der Waals surface area contributed by atoms with Gasteiger partial charge in [-0.1, -0.05) is 41.9 Å². The van der Waals surface area contributed by atoms with Crippen molar-refractivity contribution in [3.63, 3.8) is 0 Å². The first-order valence-electron chi connectivity index (χ1n) is 10.4. The van der Waals surface area contributed by atoms with E-state index in [1.54, 1.807) is 18.2 Å². The van der Waals surface area contributed by atoms with Gasteiger partial charge in [0.25, 0.3) is 5.91 Å². The van der Waals surface area contributed by atoms with Gasteiger partial charge >= 0.3 is 0 Å². The van der Waals surface area contributed by atoms with Crippen LogP contribution in [0.3, 0.4) is 0 Å². The van der Waals surface area contributed by atoms with Crippen molar-refractivity contribution >= 4 is 23.2 Å². The topological polar surface area (TPSA) is 84.6 Å². The van der Waals surface area contributed by atoms with Crippen molar-refractivity contribution in [1.82, 2.24) is 0 Å². The van der Waals surface area contributed by atoms with Gasteiger partial charge in [0.05, 0.1) is 11.7 Å². The maximum atomic E-state index is 12.0. The first kappa shape index (κ1) is 21.2. The van der Waals surface area contributed by atoms with Gasteiger partial charge in [0.1, 0.15) is 11.5 Å². The summed E-state index contributed by atoms with van der Waals surface area (Å²) in [5, 5.41) is 13.8. The lowest BCUT2D eigenvalue weighted by molar-refractivity contribution is 0.100. The summed E-state index contributed by atoms with van der Waals surface area (Å²) in [7, 11) is 0. The lowest BCUT2D eigenvalue weighted by atomic mass is 9.92. The largest absolute Gasteiger partial charge is 0.457 e. The van der Waals surface area contributed by atoms with Gasteiger partial charge in [-0.05, 0) is 67.6 Å². The molecule has 6 heteroatoms. The highest BCUT2D eigenvalue weighted by molar-refractivity contribution is 6.30. The van der Waals surface area contributed by atoms with E-state index in [4.69, 9.17) is 22.1 Å². The van der Waals surface area contributed by atoms with Gasteiger partial charge < -0.3 is 20.9 Å².